The second kappa shape index (κ2) is 7.89. The molecule has 0 aromatic heterocycles. The number of sulfonamides is 1. The molecule has 0 aliphatic heterocycles. The van der Waals surface area contributed by atoms with Gasteiger partial charge in [-0.3, -0.25) is 0 Å². The Kier molecular flexibility index (Phi) is 6.80. The van der Waals surface area contributed by atoms with Gasteiger partial charge in [-0.2, -0.15) is 4.31 Å². The minimum absolute atomic E-state index is 0.154. The van der Waals surface area contributed by atoms with Crippen molar-refractivity contribution >= 4 is 10.0 Å². The standard InChI is InChI=1S/C15H26N2O3S/c1-6-15(16-3)13-8-7-9-14(10-13)21(18,19)17(4)12(2)11-20-5/h7-10,12,15-16H,6,11H2,1-5H3. The number of nitrogens with one attached hydrogen (secondary N) is 1. The van der Waals surface area contributed by atoms with Crippen molar-refractivity contribution in [3.8, 4) is 0 Å². The third-order valence-electron chi connectivity index (χ3n) is 3.72. The van der Waals surface area contributed by atoms with E-state index in [2.05, 4.69) is 12.2 Å². The van der Waals surface area contributed by atoms with Gasteiger partial charge in [-0.1, -0.05) is 19.1 Å². The first kappa shape index (κ1) is 18.1. The molecule has 1 N–H and O–H groups in total. The van der Waals surface area contributed by atoms with Gasteiger partial charge in [0.15, 0.2) is 0 Å². The average molecular weight is 314 g/mol. The van der Waals surface area contributed by atoms with Crippen LogP contribution in [0.3, 0.4) is 0 Å². The van der Waals surface area contributed by atoms with E-state index in [4.69, 9.17) is 4.74 Å². The van der Waals surface area contributed by atoms with Gasteiger partial charge in [0.25, 0.3) is 0 Å². The van der Waals surface area contributed by atoms with Crippen LogP contribution < -0.4 is 5.32 Å². The number of benzene rings is 1. The lowest BCUT2D eigenvalue weighted by Gasteiger charge is -2.24. The van der Waals surface area contributed by atoms with Crippen LogP contribution in [-0.4, -0.2) is 46.6 Å². The van der Waals surface area contributed by atoms with E-state index in [1.807, 2.05) is 20.0 Å². The molecule has 0 amide bonds. The molecule has 5 nitrogen and oxygen atoms in total. The first-order chi connectivity index (χ1) is 9.88. The van der Waals surface area contributed by atoms with Crippen LogP contribution in [0.2, 0.25) is 0 Å². The maximum Gasteiger partial charge on any atom is 0.243 e. The van der Waals surface area contributed by atoms with E-state index in [-0.39, 0.29) is 12.1 Å². The summed E-state index contributed by atoms with van der Waals surface area (Å²) in [6.45, 7) is 4.26. The summed E-state index contributed by atoms with van der Waals surface area (Å²) in [7, 11) is 1.52. The van der Waals surface area contributed by atoms with Crippen molar-refractivity contribution in [3.05, 3.63) is 29.8 Å². The summed E-state index contributed by atoms with van der Waals surface area (Å²) in [5.74, 6) is 0. The molecule has 1 aromatic rings. The quantitative estimate of drug-likeness (QED) is 0.797. The van der Waals surface area contributed by atoms with Crippen molar-refractivity contribution in [2.75, 3.05) is 27.8 Å². The molecule has 0 spiro atoms. The third-order valence-corrected chi connectivity index (χ3v) is 5.69. The fourth-order valence-corrected chi connectivity index (χ4v) is 3.65. The summed E-state index contributed by atoms with van der Waals surface area (Å²) < 4.78 is 31.7. The fraction of sp³-hybridized carbons (Fsp3) is 0.600. The van der Waals surface area contributed by atoms with Gasteiger partial charge in [-0.05, 0) is 38.1 Å². The molecular formula is C15H26N2O3S. The predicted octanol–water partition coefficient (Wildman–Crippen LogP) is 2.01. The Morgan fingerprint density at radius 3 is 2.57 bits per heavy atom. The Hall–Kier alpha value is -0.950. The molecule has 1 aromatic carbocycles. The van der Waals surface area contributed by atoms with E-state index in [1.54, 1.807) is 32.4 Å². The van der Waals surface area contributed by atoms with Crippen LogP contribution in [0.4, 0.5) is 0 Å². The lowest BCUT2D eigenvalue weighted by atomic mass is 10.1. The van der Waals surface area contributed by atoms with Crippen molar-refractivity contribution in [1.82, 2.24) is 9.62 Å². The molecule has 0 radical (unpaired) electrons. The van der Waals surface area contributed by atoms with Crippen molar-refractivity contribution < 1.29 is 13.2 Å². The summed E-state index contributed by atoms with van der Waals surface area (Å²) in [6, 6.07) is 7.06. The van der Waals surface area contributed by atoms with E-state index in [1.165, 1.54) is 4.31 Å². The van der Waals surface area contributed by atoms with Gasteiger partial charge in [0.2, 0.25) is 10.0 Å². The maximum absolute atomic E-state index is 12.6. The first-order valence-corrected chi connectivity index (χ1v) is 8.56. The van der Waals surface area contributed by atoms with Crippen LogP contribution in [-0.2, 0) is 14.8 Å². The molecule has 0 fully saturated rings. The van der Waals surface area contributed by atoms with Gasteiger partial charge in [0, 0.05) is 26.2 Å². The molecule has 120 valence electrons. The number of hydrogen-bond acceptors (Lipinski definition) is 4. The van der Waals surface area contributed by atoms with Gasteiger partial charge in [0.05, 0.1) is 11.5 Å². The smallest absolute Gasteiger partial charge is 0.243 e. The highest BCUT2D eigenvalue weighted by molar-refractivity contribution is 7.89. The number of likely N-dealkylation sites (N-methyl/N-ethyl adjacent to an activating group) is 1. The molecule has 2 unspecified atom stereocenters. The molecule has 0 saturated heterocycles. The van der Waals surface area contributed by atoms with E-state index >= 15 is 0 Å². The van der Waals surface area contributed by atoms with E-state index < -0.39 is 10.0 Å². The number of methoxy groups -OCH3 is 1. The minimum Gasteiger partial charge on any atom is -0.383 e. The van der Waals surface area contributed by atoms with Gasteiger partial charge in [-0.15, -0.1) is 0 Å². The lowest BCUT2D eigenvalue weighted by molar-refractivity contribution is 0.149. The topological polar surface area (TPSA) is 58.6 Å². The number of rotatable bonds is 8. The summed E-state index contributed by atoms with van der Waals surface area (Å²) in [6.07, 6.45) is 0.899. The molecular weight excluding hydrogens is 288 g/mol. The summed E-state index contributed by atoms with van der Waals surface area (Å²) in [5, 5.41) is 3.19. The summed E-state index contributed by atoms with van der Waals surface area (Å²) in [4.78, 5) is 0.319. The minimum atomic E-state index is -3.51. The van der Waals surface area contributed by atoms with Gasteiger partial charge in [0.1, 0.15) is 0 Å². The third kappa shape index (κ3) is 4.26. The molecule has 2 atom stereocenters. The summed E-state index contributed by atoms with van der Waals surface area (Å²) >= 11 is 0. The second-order valence-corrected chi connectivity index (χ2v) is 7.15. The summed E-state index contributed by atoms with van der Waals surface area (Å²) in [5.41, 5.74) is 0.980. The van der Waals surface area contributed by atoms with Crippen LogP contribution in [0, 0.1) is 0 Å². The Morgan fingerprint density at radius 2 is 2.05 bits per heavy atom. The highest BCUT2D eigenvalue weighted by atomic mass is 32.2. The van der Waals surface area contributed by atoms with Crippen LogP contribution >= 0.6 is 0 Å². The number of ether oxygens (including phenoxy) is 1. The zero-order chi connectivity index (χ0) is 16.0. The Bertz CT molecular complexity index is 542. The van der Waals surface area contributed by atoms with Gasteiger partial charge >= 0.3 is 0 Å². The molecule has 21 heavy (non-hydrogen) atoms. The molecule has 0 aliphatic rings. The predicted molar refractivity (Wildman–Crippen MR) is 84.8 cm³/mol. The Balaban J connectivity index is 3.11. The lowest BCUT2D eigenvalue weighted by Crippen LogP contribution is -2.37. The molecule has 0 aliphatic carbocycles. The van der Waals surface area contributed by atoms with Gasteiger partial charge < -0.3 is 10.1 Å². The normalized spacial score (nSPS) is 15.1. The Labute approximate surface area is 128 Å². The number of nitrogens with zero attached hydrogens (tertiary/aromatic N) is 1. The molecule has 1 rings (SSSR count). The molecule has 0 bridgehead atoms. The Morgan fingerprint density at radius 1 is 1.38 bits per heavy atom. The SMILES string of the molecule is CCC(NC)c1cccc(S(=O)(=O)N(C)C(C)COC)c1. The van der Waals surface area contributed by atoms with Crippen molar-refractivity contribution in [3.63, 3.8) is 0 Å². The fourth-order valence-electron chi connectivity index (χ4n) is 2.25. The second-order valence-electron chi connectivity index (χ2n) is 5.15. The van der Waals surface area contributed by atoms with E-state index in [0.717, 1.165) is 12.0 Å². The van der Waals surface area contributed by atoms with E-state index in [9.17, 15) is 8.42 Å². The first-order valence-electron chi connectivity index (χ1n) is 7.12. The zero-order valence-electron chi connectivity index (χ0n) is 13.5. The molecule has 0 heterocycles. The number of hydrogen-bond donors (Lipinski definition) is 1. The highest BCUT2D eigenvalue weighted by Gasteiger charge is 2.25. The van der Waals surface area contributed by atoms with Crippen LogP contribution in [0.15, 0.2) is 29.2 Å². The monoisotopic (exact) mass is 314 g/mol. The average Bonchev–Trinajstić information content (AvgIpc) is 2.48. The molecule has 0 saturated carbocycles. The largest absolute Gasteiger partial charge is 0.383 e. The van der Waals surface area contributed by atoms with Crippen molar-refractivity contribution in [1.29, 1.82) is 0 Å². The van der Waals surface area contributed by atoms with Crippen LogP contribution in [0.5, 0.6) is 0 Å². The van der Waals surface area contributed by atoms with Crippen LogP contribution in [0.1, 0.15) is 31.9 Å². The van der Waals surface area contributed by atoms with Gasteiger partial charge in [-0.25, -0.2) is 8.42 Å². The van der Waals surface area contributed by atoms with Crippen molar-refractivity contribution in [2.45, 2.75) is 37.2 Å². The van der Waals surface area contributed by atoms with E-state index in [0.29, 0.717) is 11.5 Å². The highest BCUT2D eigenvalue weighted by Crippen LogP contribution is 2.22. The van der Waals surface area contributed by atoms with Crippen LogP contribution in [0.25, 0.3) is 0 Å². The van der Waals surface area contributed by atoms with Crippen molar-refractivity contribution in [2.24, 2.45) is 0 Å². The zero-order valence-corrected chi connectivity index (χ0v) is 14.3. The molecule has 6 heteroatoms. The maximum atomic E-state index is 12.6.